The summed E-state index contributed by atoms with van der Waals surface area (Å²) in [4.78, 5) is 11.0. The van der Waals surface area contributed by atoms with Gasteiger partial charge in [-0.25, -0.2) is 8.42 Å². The Hall–Kier alpha value is -2.56. The molecule has 0 aromatic heterocycles. The van der Waals surface area contributed by atoms with E-state index < -0.39 is 10.0 Å². The minimum Gasteiger partial charge on any atom is -0.325 e. The lowest BCUT2D eigenvalue weighted by molar-refractivity contribution is -0.114. The van der Waals surface area contributed by atoms with Gasteiger partial charge in [-0.05, 0) is 36.4 Å². The zero-order valence-electron chi connectivity index (χ0n) is 12.0. The SMILES string of the molecule is CC(=O)Nc1ccc(S(=O)(=O)Nc2cccc(C#N)c2)cc1Cl. The minimum absolute atomic E-state index is 0.0565. The normalized spacial score (nSPS) is 10.7. The van der Waals surface area contributed by atoms with Crippen molar-refractivity contribution in [3.63, 3.8) is 0 Å². The second-order valence-corrected chi connectivity index (χ2v) is 6.71. The molecule has 0 saturated heterocycles. The van der Waals surface area contributed by atoms with Crippen LogP contribution < -0.4 is 10.0 Å². The largest absolute Gasteiger partial charge is 0.325 e. The first kappa shape index (κ1) is 16.8. The summed E-state index contributed by atoms with van der Waals surface area (Å²) >= 11 is 5.98. The van der Waals surface area contributed by atoms with E-state index in [0.717, 1.165) is 0 Å². The second-order valence-electron chi connectivity index (χ2n) is 4.62. The Kier molecular flexibility index (Phi) is 4.89. The van der Waals surface area contributed by atoms with Gasteiger partial charge < -0.3 is 5.32 Å². The van der Waals surface area contributed by atoms with Crippen molar-refractivity contribution in [3.05, 3.63) is 53.1 Å². The third-order valence-electron chi connectivity index (χ3n) is 2.81. The zero-order chi connectivity index (χ0) is 17.0. The van der Waals surface area contributed by atoms with Crippen LogP contribution in [0.3, 0.4) is 0 Å². The number of nitriles is 1. The molecule has 2 N–H and O–H groups in total. The van der Waals surface area contributed by atoms with Gasteiger partial charge in [0.05, 0.1) is 32.9 Å². The summed E-state index contributed by atoms with van der Waals surface area (Å²) in [6.07, 6.45) is 0. The topological polar surface area (TPSA) is 99.1 Å². The third kappa shape index (κ3) is 4.22. The van der Waals surface area contributed by atoms with Crippen molar-refractivity contribution in [2.75, 3.05) is 10.0 Å². The molecule has 6 nitrogen and oxygen atoms in total. The lowest BCUT2D eigenvalue weighted by atomic mass is 10.2. The van der Waals surface area contributed by atoms with E-state index in [1.54, 1.807) is 12.1 Å². The summed E-state index contributed by atoms with van der Waals surface area (Å²) in [5, 5.41) is 11.4. The van der Waals surface area contributed by atoms with E-state index in [1.807, 2.05) is 6.07 Å². The fourth-order valence-electron chi connectivity index (χ4n) is 1.82. The van der Waals surface area contributed by atoms with E-state index in [-0.39, 0.29) is 21.5 Å². The maximum Gasteiger partial charge on any atom is 0.261 e. The Morgan fingerprint density at radius 2 is 1.96 bits per heavy atom. The Morgan fingerprint density at radius 3 is 2.57 bits per heavy atom. The Balaban J connectivity index is 2.31. The van der Waals surface area contributed by atoms with Crippen LogP contribution in [0, 0.1) is 11.3 Å². The molecule has 8 heteroatoms. The Labute approximate surface area is 138 Å². The first-order chi connectivity index (χ1) is 10.8. The van der Waals surface area contributed by atoms with Crippen LogP contribution >= 0.6 is 11.6 Å². The predicted molar refractivity (Wildman–Crippen MR) is 87.7 cm³/mol. The number of hydrogen-bond donors (Lipinski definition) is 2. The first-order valence-corrected chi connectivity index (χ1v) is 8.28. The summed E-state index contributed by atoms with van der Waals surface area (Å²) in [6, 6.07) is 12.0. The highest BCUT2D eigenvalue weighted by Crippen LogP contribution is 2.26. The number of carbonyl (C=O) groups excluding carboxylic acids is 1. The molecule has 0 heterocycles. The molecule has 118 valence electrons. The molecule has 23 heavy (non-hydrogen) atoms. The van der Waals surface area contributed by atoms with E-state index in [2.05, 4.69) is 10.0 Å². The molecule has 0 unspecified atom stereocenters. The number of anilines is 2. The number of nitrogens with zero attached hydrogens (tertiary/aromatic N) is 1. The Morgan fingerprint density at radius 1 is 1.22 bits per heavy atom. The van der Waals surface area contributed by atoms with Gasteiger partial charge >= 0.3 is 0 Å². The van der Waals surface area contributed by atoms with Crippen LogP contribution in [0.1, 0.15) is 12.5 Å². The Bertz CT molecular complexity index is 904. The van der Waals surface area contributed by atoms with Crippen LogP contribution in [0.15, 0.2) is 47.4 Å². The number of amides is 1. The average molecular weight is 350 g/mol. The van der Waals surface area contributed by atoms with Crippen molar-refractivity contribution in [1.82, 2.24) is 0 Å². The molecule has 0 atom stereocenters. The number of nitrogens with one attached hydrogen (secondary N) is 2. The minimum atomic E-state index is -3.86. The summed E-state index contributed by atoms with van der Waals surface area (Å²) in [7, 11) is -3.86. The van der Waals surface area contributed by atoms with Gasteiger partial charge in [0.25, 0.3) is 10.0 Å². The first-order valence-electron chi connectivity index (χ1n) is 6.42. The molecule has 0 aliphatic rings. The van der Waals surface area contributed by atoms with Gasteiger partial charge in [-0.1, -0.05) is 17.7 Å². The molecule has 0 bridgehead atoms. The molecule has 2 aromatic carbocycles. The summed E-state index contributed by atoms with van der Waals surface area (Å²) in [6.45, 7) is 1.32. The van der Waals surface area contributed by atoms with E-state index >= 15 is 0 Å². The van der Waals surface area contributed by atoms with Crippen molar-refractivity contribution in [2.45, 2.75) is 11.8 Å². The molecule has 1 amide bonds. The standard InChI is InChI=1S/C15H12ClN3O3S/c1-10(20)18-15-6-5-13(8-14(15)16)23(21,22)19-12-4-2-3-11(7-12)9-17/h2-8,19H,1H3,(H,18,20). The highest BCUT2D eigenvalue weighted by molar-refractivity contribution is 7.92. The lowest BCUT2D eigenvalue weighted by Gasteiger charge is -2.10. The second kappa shape index (κ2) is 6.69. The summed E-state index contributed by atoms with van der Waals surface area (Å²) < 4.78 is 27.1. The van der Waals surface area contributed by atoms with Gasteiger partial charge in [-0.3, -0.25) is 9.52 Å². The smallest absolute Gasteiger partial charge is 0.261 e. The molecule has 0 saturated carbocycles. The average Bonchev–Trinajstić information content (AvgIpc) is 2.48. The predicted octanol–water partition coefficient (Wildman–Crippen LogP) is 2.97. The molecule has 0 fully saturated rings. The monoisotopic (exact) mass is 349 g/mol. The molecule has 0 radical (unpaired) electrons. The number of benzene rings is 2. The van der Waals surface area contributed by atoms with Gasteiger partial charge in [0.2, 0.25) is 5.91 Å². The number of sulfonamides is 1. The molecule has 0 aliphatic heterocycles. The fraction of sp³-hybridized carbons (Fsp3) is 0.0667. The maximum absolute atomic E-state index is 12.3. The van der Waals surface area contributed by atoms with Crippen molar-refractivity contribution in [2.24, 2.45) is 0 Å². The summed E-state index contributed by atoms with van der Waals surface area (Å²) in [5.41, 5.74) is 0.931. The molecular formula is C15H12ClN3O3S. The van der Waals surface area contributed by atoms with E-state index in [0.29, 0.717) is 11.3 Å². The van der Waals surface area contributed by atoms with Gasteiger partial charge in [-0.2, -0.15) is 5.26 Å². The molecule has 0 aliphatic carbocycles. The van der Waals surface area contributed by atoms with E-state index in [1.165, 1.54) is 37.3 Å². The van der Waals surface area contributed by atoms with Crippen LogP contribution in [0.25, 0.3) is 0 Å². The number of carbonyl (C=O) groups is 1. The number of halogens is 1. The summed E-state index contributed by atoms with van der Waals surface area (Å²) in [5.74, 6) is -0.311. The van der Waals surface area contributed by atoms with Crippen molar-refractivity contribution >= 4 is 38.9 Å². The highest BCUT2D eigenvalue weighted by Gasteiger charge is 2.16. The quantitative estimate of drug-likeness (QED) is 0.886. The van der Waals surface area contributed by atoms with Crippen LogP contribution in [0.2, 0.25) is 5.02 Å². The van der Waals surface area contributed by atoms with Gasteiger partial charge in [0.1, 0.15) is 0 Å². The molecule has 2 aromatic rings. The molecular weight excluding hydrogens is 338 g/mol. The third-order valence-corrected chi connectivity index (χ3v) is 4.50. The van der Waals surface area contributed by atoms with Crippen LogP contribution in [-0.4, -0.2) is 14.3 Å². The zero-order valence-corrected chi connectivity index (χ0v) is 13.6. The van der Waals surface area contributed by atoms with Gasteiger partial charge in [0.15, 0.2) is 0 Å². The number of hydrogen-bond acceptors (Lipinski definition) is 4. The van der Waals surface area contributed by atoms with Crippen LogP contribution in [0.5, 0.6) is 0 Å². The van der Waals surface area contributed by atoms with Crippen molar-refractivity contribution < 1.29 is 13.2 Å². The lowest BCUT2D eigenvalue weighted by Crippen LogP contribution is -2.13. The maximum atomic E-state index is 12.3. The van der Waals surface area contributed by atoms with Crippen LogP contribution in [0.4, 0.5) is 11.4 Å². The van der Waals surface area contributed by atoms with E-state index in [4.69, 9.17) is 16.9 Å². The van der Waals surface area contributed by atoms with Gasteiger partial charge in [0, 0.05) is 6.92 Å². The van der Waals surface area contributed by atoms with Crippen molar-refractivity contribution in [1.29, 1.82) is 5.26 Å². The van der Waals surface area contributed by atoms with E-state index in [9.17, 15) is 13.2 Å². The highest BCUT2D eigenvalue weighted by atomic mass is 35.5. The van der Waals surface area contributed by atoms with Crippen molar-refractivity contribution in [3.8, 4) is 6.07 Å². The van der Waals surface area contributed by atoms with Crippen LogP contribution in [-0.2, 0) is 14.8 Å². The molecule has 0 spiro atoms. The molecule has 2 rings (SSSR count). The fourth-order valence-corrected chi connectivity index (χ4v) is 3.19. The number of rotatable bonds is 4. The van der Waals surface area contributed by atoms with Gasteiger partial charge in [-0.15, -0.1) is 0 Å².